The van der Waals surface area contributed by atoms with Crippen LogP contribution in [0.15, 0.2) is 47.0 Å². The number of aryl methyl sites for hydroxylation is 2. The van der Waals surface area contributed by atoms with E-state index in [0.29, 0.717) is 16.2 Å². The van der Waals surface area contributed by atoms with Gasteiger partial charge in [0.2, 0.25) is 5.91 Å². The third-order valence-corrected chi connectivity index (χ3v) is 4.96. The fourth-order valence-electron chi connectivity index (χ4n) is 2.81. The Morgan fingerprint density at radius 2 is 2.11 bits per heavy atom. The van der Waals surface area contributed by atoms with E-state index in [1.54, 1.807) is 7.05 Å². The van der Waals surface area contributed by atoms with Crippen LogP contribution in [0.2, 0.25) is 0 Å². The van der Waals surface area contributed by atoms with Crippen LogP contribution < -0.4 is 10.9 Å². The SMILES string of the molecule is Cc1ccccc1-c1csc(NC(=O)Cn2cnc3c(cnn3C)c2=O)n1. The summed E-state index contributed by atoms with van der Waals surface area (Å²) in [6.07, 6.45) is 2.81. The number of amides is 1. The molecule has 4 rings (SSSR count). The van der Waals surface area contributed by atoms with Crippen molar-refractivity contribution in [3.8, 4) is 11.3 Å². The number of anilines is 1. The number of carbonyl (C=O) groups is 1. The van der Waals surface area contributed by atoms with Crippen LogP contribution in [0.25, 0.3) is 22.3 Å². The van der Waals surface area contributed by atoms with Crippen molar-refractivity contribution < 1.29 is 4.79 Å². The maximum Gasteiger partial charge on any atom is 0.264 e. The molecule has 1 N–H and O–H groups in total. The Morgan fingerprint density at radius 1 is 1.30 bits per heavy atom. The highest BCUT2D eigenvalue weighted by Crippen LogP contribution is 2.27. The maximum absolute atomic E-state index is 12.4. The molecule has 9 heteroatoms. The van der Waals surface area contributed by atoms with Gasteiger partial charge in [0.05, 0.1) is 11.9 Å². The van der Waals surface area contributed by atoms with E-state index >= 15 is 0 Å². The Hall–Kier alpha value is -3.33. The van der Waals surface area contributed by atoms with Gasteiger partial charge in [0.1, 0.15) is 18.3 Å². The van der Waals surface area contributed by atoms with Gasteiger partial charge >= 0.3 is 0 Å². The average molecular weight is 380 g/mol. The van der Waals surface area contributed by atoms with Gasteiger partial charge in [-0.2, -0.15) is 5.10 Å². The van der Waals surface area contributed by atoms with Crippen molar-refractivity contribution in [1.29, 1.82) is 0 Å². The molecule has 0 atom stereocenters. The van der Waals surface area contributed by atoms with Crippen LogP contribution >= 0.6 is 11.3 Å². The summed E-state index contributed by atoms with van der Waals surface area (Å²) in [6.45, 7) is 1.87. The summed E-state index contributed by atoms with van der Waals surface area (Å²) in [4.78, 5) is 33.4. The molecule has 0 fully saturated rings. The minimum atomic E-state index is -0.340. The first-order chi connectivity index (χ1) is 13.0. The van der Waals surface area contributed by atoms with E-state index in [2.05, 4.69) is 20.4 Å². The molecular weight excluding hydrogens is 364 g/mol. The van der Waals surface area contributed by atoms with Crippen LogP contribution in [0.4, 0.5) is 5.13 Å². The third-order valence-electron chi connectivity index (χ3n) is 4.20. The van der Waals surface area contributed by atoms with Gasteiger partial charge in [0.15, 0.2) is 10.8 Å². The first-order valence-corrected chi connectivity index (χ1v) is 9.09. The molecule has 27 heavy (non-hydrogen) atoms. The van der Waals surface area contributed by atoms with Gasteiger partial charge in [0.25, 0.3) is 5.56 Å². The van der Waals surface area contributed by atoms with E-state index < -0.39 is 0 Å². The molecule has 0 aliphatic heterocycles. The van der Waals surface area contributed by atoms with Crippen molar-refractivity contribution in [1.82, 2.24) is 24.3 Å². The Balaban J connectivity index is 1.51. The van der Waals surface area contributed by atoms with Gasteiger partial charge in [-0.25, -0.2) is 9.97 Å². The lowest BCUT2D eigenvalue weighted by molar-refractivity contribution is -0.116. The summed E-state index contributed by atoms with van der Waals surface area (Å²) in [5.41, 5.74) is 3.13. The molecule has 0 spiro atoms. The molecule has 136 valence electrons. The highest BCUT2D eigenvalue weighted by molar-refractivity contribution is 7.14. The fourth-order valence-corrected chi connectivity index (χ4v) is 3.53. The topological polar surface area (TPSA) is 94.7 Å². The third kappa shape index (κ3) is 3.24. The minimum Gasteiger partial charge on any atom is -0.300 e. The zero-order chi connectivity index (χ0) is 19.0. The number of fused-ring (bicyclic) bond motifs is 1. The van der Waals surface area contributed by atoms with Crippen LogP contribution in [-0.2, 0) is 18.4 Å². The van der Waals surface area contributed by atoms with Crippen molar-refractivity contribution in [3.63, 3.8) is 0 Å². The molecule has 1 aromatic carbocycles. The lowest BCUT2D eigenvalue weighted by Crippen LogP contribution is -2.27. The lowest BCUT2D eigenvalue weighted by Gasteiger charge is -2.05. The molecule has 3 heterocycles. The van der Waals surface area contributed by atoms with Gasteiger partial charge in [-0.15, -0.1) is 11.3 Å². The highest BCUT2D eigenvalue weighted by atomic mass is 32.1. The smallest absolute Gasteiger partial charge is 0.264 e. The van der Waals surface area contributed by atoms with E-state index in [0.717, 1.165) is 16.8 Å². The standard InChI is InChI=1S/C18H16N6O2S/c1-11-5-3-4-6-12(11)14-9-27-18(21-14)22-15(25)8-24-10-19-16-13(17(24)26)7-20-23(16)2/h3-7,9-10H,8H2,1-2H3,(H,21,22,25). The van der Waals surface area contributed by atoms with E-state index in [1.807, 2.05) is 36.6 Å². The maximum atomic E-state index is 12.4. The van der Waals surface area contributed by atoms with Crippen molar-refractivity contribution in [2.24, 2.45) is 7.05 Å². The number of nitrogens with one attached hydrogen (secondary N) is 1. The molecule has 4 aromatic rings. The van der Waals surface area contributed by atoms with Crippen molar-refractivity contribution in [2.45, 2.75) is 13.5 Å². The highest BCUT2D eigenvalue weighted by Gasteiger charge is 2.13. The largest absolute Gasteiger partial charge is 0.300 e. The molecule has 1 amide bonds. The van der Waals surface area contributed by atoms with Gasteiger partial charge in [-0.3, -0.25) is 18.8 Å². The normalized spacial score (nSPS) is 11.0. The van der Waals surface area contributed by atoms with E-state index in [9.17, 15) is 9.59 Å². The first kappa shape index (κ1) is 17.1. The average Bonchev–Trinajstić information content (AvgIpc) is 3.25. The number of thiazole rings is 1. The summed E-state index contributed by atoms with van der Waals surface area (Å²) in [6, 6.07) is 7.93. The number of benzene rings is 1. The van der Waals surface area contributed by atoms with E-state index in [1.165, 1.54) is 33.1 Å². The molecule has 0 saturated heterocycles. The summed E-state index contributed by atoms with van der Waals surface area (Å²) in [5.74, 6) is -0.340. The number of nitrogens with zero attached hydrogens (tertiary/aromatic N) is 5. The van der Waals surface area contributed by atoms with Crippen LogP contribution in [-0.4, -0.2) is 30.2 Å². The van der Waals surface area contributed by atoms with Crippen LogP contribution in [0.5, 0.6) is 0 Å². The summed E-state index contributed by atoms with van der Waals surface area (Å²) < 4.78 is 2.78. The predicted molar refractivity (Wildman–Crippen MR) is 104 cm³/mol. The summed E-state index contributed by atoms with van der Waals surface area (Å²) >= 11 is 1.34. The van der Waals surface area contributed by atoms with E-state index in [-0.39, 0.29) is 18.0 Å². The van der Waals surface area contributed by atoms with Gasteiger partial charge < -0.3 is 5.32 Å². The molecule has 0 aliphatic rings. The van der Waals surface area contributed by atoms with Crippen molar-refractivity contribution >= 4 is 33.4 Å². The zero-order valence-electron chi connectivity index (χ0n) is 14.7. The number of rotatable bonds is 4. The second-order valence-corrected chi connectivity index (χ2v) is 6.94. The number of hydrogen-bond acceptors (Lipinski definition) is 6. The number of carbonyl (C=O) groups excluding carboxylic acids is 1. The quantitative estimate of drug-likeness (QED) is 0.586. The van der Waals surface area contributed by atoms with Gasteiger partial charge in [0, 0.05) is 18.0 Å². The molecular formula is C18H16N6O2S. The minimum absolute atomic E-state index is 0.143. The molecule has 3 aromatic heterocycles. The van der Waals surface area contributed by atoms with Crippen LogP contribution in [0.1, 0.15) is 5.56 Å². The fraction of sp³-hybridized carbons (Fsp3) is 0.167. The zero-order valence-corrected chi connectivity index (χ0v) is 15.5. The molecule has 0 unspecified atom stereocenters. The van der Waals surface area contributed by atoms with Gasteiger partial charge in [-0.1, -0.05) is 24.3 Å². The van der Waals surface area contributed by atoms with E-state index in [4.69, 9.17) is 0 Å². The second-order valence-electron chi connectivity index (χ2n) is 6.08. The van der Waals surface area contributed by atoms with Crippen molar-refractivity contribution in [3.05, 3.63) is 58.1 Å². The van der Waals surface area contributed by atoms with Crippen molar-refractivity contribution in [2.75, 3.05) is 5.32 Å². The molecule has 0 aliphatic carbocycles. The Labute approximate surface area is 158 Å². The molecule has 0 bridgehead atoms. The molecule has 8 nitrogen and oxygen atoms in total. The lowest BCUT2D eigenvalue weighted by atomic mass is 10.1. The Kier molecular flexibility index (Phi) is 4.28. The number of hydrogen-bond donors (Lipinski definition) is 1. The second kappa shape index (κ2) is 6.76. The van der Waals surface area contributed by atoms with Crippen LogP contribution in [0.3, 0.4) is 0 Å². The summed E-state index contributed by atoms with van der Waals surface area (Å²) in [5, 5.41) is 9.52. The van der Waals surface area contributed by atoms with Crippen LogP contribution in [0, 0.1) is 6.92 Å². The molecule has 0 radical (unpaired) electrons. The van der Waals surface area contributed by atoms with Gasteiger partial charge in [-0.05, 0) is 12.5 Å². The molecule has 0 saturated carbocycles. The Bertz CT molecular complexity index is 1210. The number of aromatic nitrogens is 5. The first-order valence-electron chi connectivity index (χ1n) is 8.21. The summed E-state index contributed by atoms with van der Waals surface area (Å²) in [7, 11) is 1.71. The monoisotopic (exact) mass is 380 g/mol. The Morgan fingerprint density at radius 3 is 2.93 bits per heavy atom. The predicted octanol–water partition coefficient (Wildman–Crippen LogP) is 2.20.